The molecule has 96 valence electrons. The first-order valence-corrected chi connectivity index (χ1v) is 8.07. The normalized spacial score (nSPS) is 19.5. The predicted molar refractivity (Wildman–Crippen MR) is 78.0 cm³/mol. The number of hydrogen-bond acceptors (Lipinski definition) is 4. The number of nitrogens with zero attached hydrogens (tertiary/aromatic N) is 2. The van der Waals surface area contributed by atoms with Gasteiger partial charge in [0.05, 0.1) is 11.8 Å². The number of rotatable bonds is 2. The summed E-state index contributed by atoms with van der Waals surface area (Å²) in [6.07, 6.45) is 2.74. The van der Waals surface area contributed by atoms with Gasteiger partial charge in [-0.3, -0.25) is 0 Å². The molecule has 0 fully saturated rings. The van der Waals surface area contributed by atoms with Crippen LogP contribution in [-0.2, 0) is 10.0 Å². The summed E-state index contributed by atoms with van der Waals surface area (Å²) in [5.41, 5.74) is 1.71. The lowest BCUT2D eigenvalue weighted by Crippen LogP contribution is -2.00. The van der Waals surface area contributed by atoms with Crippen LogP contribution in [-0.4, -0.2) is 19.7 Å². The molecule has 0 bridgehead atoms. The highest BCUT2D eigenvalue weighted by Gasteiger charge is 2.18. The maximum absolute atomic E-state index is 11.2. The van der Waals surface area contributed by atoms with Crippen LogP contribution in [0.5, 0.6) is 0 Å². The molecule has 0 amide bonds. The largest absolute Gasteiger partial charge is 0.251 e. The zero-order valence-electron chi connectivity index (χ0n) is 10.1. The topological polar surface area (TPSA) is 70.3 Å². The van der Waals surface area contributed by atoms with E-state index in [0.717, 1.165) is 11.8 Å². The smallest absolute Gasteiger partial charge is 0.205 e. The third-order valence-electron chi connectivity index (χ3n) is 2.34. The molecule has 2 rings (SSSR count). The summed E-state index contributed by atoms with van der Waals surface area (Å²) in [5, 5.41) is 11.4. The third-order valence-corrected chi connectivity index (χ3v) is 3.77. The highest BCUT2D eigenvalue weighted by molar-refractivity contribution is 8.18. The maximum Gasteiger partial charge on any atom is 0.251 e. The van der Waals surface area contributed by atoms with Crippen LogP contribution in [0.1, 0.15) is 5.56 Å². The van der Waals surface area contributed by atoms with Gasteiger partial charge in [0.15, 0.2) is 0 Å². The Hall–Kier alpha value is -1.84. The highest BCUT2D eigenvalue weighted by atomic mass is 32.2. The Morgan fingerprint density at radius 2 is 2.00 bits per heavy atom. The van der Waals surface area contributed by atoms with Gasteiger partial charge in [0.2, 0.25) is 0 Å². The van der Waals surface area contributed by atoms with E-state index in [0.29, 0.717) is 16.2 Å². The van der Waals surface area contributed by atoms with Crippen molar-refractivity contribution in [2.75, 3.05) is 6.26 Å². The van der Waals surface area contributed by atoms with E-state index in [-0.39, 0.29) is 0 Å². The van der Waals surface area contributed by atoms with Crippen molar-refractivity contribution in [3.8, 4) is 6.07 Å². The van der Waals surface area contributed by atoms with E-state index in [4.69, 9.17) is 0 Å². The molecule has 0 atom stereocenters. The van der Waals surface area contributed by atoms with Gasteiger partial charge in [0.25, 0.3) is 10.0 Å². The molecule has 0 radical (unpaired) electrons. The maximum atomic E-state index is 11.2. The van der Waals surface area contributed by atoms with Gasteiger partial charge in [-0.1, -0.05) is 42.1 Å². The first kappa shape index (κ1) is 13.6. The number of allylic oxidation sites excluding steroid dienone is 2. The molecular formula is C13H10N2O2S2. The molecule has 0 N–H and O–H groups in total. The van der Waals surface area contributed by atoms with Crippen LogP contribution < -0.4 is 0 Å². The van der Waals surface area contributed by atoms with Gasteiger partial charge in [-0.25, -0.2) is 8.42 Å². The number of hydrogen-bond donors (Lipinski definition) is 0. The number of sulfonamides is 1. The molecule has 4 nitrogen and oxygen atoms in total. The molecule has 1 aromatic rings. The van der Waals surface area contributed by atoms with Gasteiger partial charge in [-0.05, 0) is 17.0 Å². The van der Waals surface area contributed by atoms with Crippen LogP contribution in [0.3, 0.4) is 0 Å². The minimum atomic E-state index is -3.48. The molecule has 1 aliphatic heterocycles. The summed E-state index contributed by atoms with van der Waals surface area (Å²) in [7, 11) is -3.48. The molecule has 0 aliphatic carbocycles. The van der Waals surface area contributed by atoms with Crippen LogP contribution in [0.4, 0.5) is 0 Å². The molecule has 6 heteroatoms. The Morgan fingerprint density at radius 3 is 2.58 bits per heavy atom. The summed E-state index contributed by atoms with van der Waals surface area (Å²) < 4.78 is 26.2. The van der Waals surface area contributed by atoms with Crippen molar-refractivity contribution in [2.24, 2.45) is 4.40 Å². The molecule has 1 aliphatic rings. The average molecular weight is 290 g/mol. The van der Waals surface area contributed by atoms with Crippen molar-refractivity contribution in [2.45, 2.75) is 0 Å². The summed E-state index contributed by atoms with van der Waals surface area (Å²) >= 11 is 1.20. The van der Waals surface area contributed by atoms with Gasteiger partial charge in [0.1, 0.15) is 11.1 Å². The van der Waals surface area contributed by atoms with Crippen molar-refractivity contribution < 1.29 is 8.42 Å². The Kier molecular flexibility index (Phi) is 3.88. The zero-order chi connectivity index (χ0) is 13.9. The fourth-order valence-corrected chi connectivity index (χ4v) is 3.21. The number of nitriles is 1. The molecule has 0 aromatic heterocycles. The molecular weight excluding hydrogens is 280 g/mol. The Morgan fingerprint density at radius 1 is 1.32 bits per heavy atom. The SMILES string of the molecule is CS(=O)(=O)/N=C1\SC=C\C1=C(\C#N)c1ccccc1. The summed E-state index contributed by atoms with van der Waals surface area (Å²) in [6.45, 7) is 0. The highest BCUT2D eigenvalue weighted by Crippen LogP contribution is 2.31. The molecule has 1 heterocycles. The van der Waals surface area contributed by atoms with E-state index >= 15 is 0 Å². The Labute approximate surface area is 116 Å². The molecule has 19 heavy (non-hydrogen) atoms. The first-order valence-electron chi connectivity index (χ1n) is 5.34. The second-order valence-electron chi connectivity index (χ2n) is 3.82. The third kappa shape index (κ3) is 3.34. The van der Waals surface area contributed by atoms with E-state index in [2.05, 4.69) is 10.5 Å². The fourth-order valence-electron chi connectivity index (χ4n) is 1.60. The van der Waals surface area contributed by atoms with Crippen molar-refractivity contribution in [1.29, 1.82) is 5.26 Å². The van der Waals surface area contributed by atoms with Crippen LogP contribution >= 0.6 is 11.8 Å². The molecule has 1 aromatic carbocycles. The van der Waals surface area contributed by atoms with Gasteiger partial charge in [-0.15, -0.1) is 0 Å². The lowest BCUT2D eigenvalue weighted by Gasteiger charge is -2.03. The quantitative estimate of drug-likeness (QED) is 0.785. The van der Waals surface area contributed by atoms with Crippen molar-refractivity contribution in [3.63, 3.8) is 0 Å². The van der Waals surface area contributed by atoms with Gasteiger partial charge >= 0.3 is 0 Å². The standard InChI is InChI=1S/C13H10N2O2S2/c1-19(16,17)15-13-11(7-8-18-13)12(9-14)10-5-3-2-4-6-10/h2-8H,1H3/b12-11+,15-13-. The van der Waals surface area contributed by atoms with Crippen molar-refractivity contribution in [3.05, 3.63) is 53.0 Å². The predicted octanol–water partition coefficient (Wildman–Crippen LogP) is 2.58. The molecule has 0 spiro atoms. The van der Waals surface area contributed by atoms with Gasteiger partial charge in [-0.2, -0.15) is 9.66 Å². The minimum Gasteiger partial charge on any atom is -0.205 e. The summed E-state index contributed by atoms with van der Waals surface area (Å²) in [6, 6.07) is 11.2. The lowest BCUT2D eigenvalue weighted by molar-refractivity contribution is 0.604. The van der Waals surface area contributed by atoms with E-state index < -0.39 is 10.0 Å². The first-order chi connectivity index (χ1) is 9.01. The van der Waals surface area contributed by atoms with E-state index in [9.17, 15) is 13.7 Å². The summed E-state index contributed by atoms with van der Waals surface area (Å²) in [5.74, 6) is 0. The van der Waals surface area contributed by atoms with Crippen molar-refractivity contribution >= 4 is 32.4 Å². The second kappa shape index (κ2) is 5.43. The van der Waals surface area contributed by atoms with Crippen LogP contribution in [0, 0.1) is 11.3 Å². The lowest BCUT2D eigenvalue weighted by atomic mass is 10.0. The average Bonchev–Trinajstić information content (AvgIpc) is 2.78. The van der Waals surface area contributed by atoms with Crippen LogP contribution in [0.25, 0.3) is 5.57 Å². The van der Waals surface area contributed by atoms with E-state index in [1.807, 2.05) is 18.2 Å². The Bertz CT molecular complexity index is 724. The fraction of sp³-hybridized carbons (Fsp3) is 0.0769. The van der Waals surface area contributed by atoms with Crippen molar-refractivity contribution in [1.82, 2.24) is 0 Å². The zero-order valence-corrected chi connectivity index (χ0v) is 11.7. The Balaban J connectivity index is 2.59. The summed E-state index contributed by atoms with van der Waals surface area (Å²) in [4.78, 5) is 0. The molecule has 0 saturated heterocycles. The van der Waals surface area contributed by atoms with Gasteiger partial charge < -0.3 is 0 Å². The second-order valence-corrected chi connectivity index (χ2v) is 6.36. The van der Waals surface area contributed by atoms with E-state index in [1.54, 1.807) is 23.6 Å². The number of benzene rings is 1. The molecule has 0 unspecified atom stereocenters. The van der Waals surface area contributed by atoms with Gasteiger partial charge in [0, 0.05) is 5.57 Å². The van der Waals surface area contributed by atoms with Crippen LogP contribution in [0.15, 0.2) is 51.8 Å². The monoisotopic (exact) mass is 290 g/mol. The molecule has 0 saturated carbocycles. The van der Waals surface area contributed by atoms with E-state index in [1.165, 1.54) is 11.8 Å². The van der Waals surface area contributed by atoms with Crippen LogP contribution in [0.2, 0.25) is 0 Å². The minimum absolute atomic E-state index is 0.336. The number of thioether (sulfide) groups is 1.